The standard InChI is InChI=1S/C32H28ClF3N8O3/c1-15-7-26-37-11-18(12-43(26)41-15)22-8-19-20(17(3)45)13-42(28(19)16(2)38-22)14-27(46)44-23(9-31(4)10-25(31)44)30(47)40-29-21(33)5-6-24(39-29)32(34,35)36/h5-8,11-13,23,25H,9-10,14H2,1-4H3,(H,39,40,47)/t23-,25+,31-/m0/s1. The average Bonchev–Trinajstić information content (AvgIpc) is 3.26. The minimum Gasteiger partial charge on any atom is -0.336 e. The van der Waals surface area contributed by atoms with Crippen LogP contribution in [0.5, 0.6) is 0 Å². The van der Waals surface area contributed by atoms with Gasteiger partial charge in [0.1, 0.15) is 18.3 Å². The fourth-order valence-corrected chi connectivity index (χ4v) is 6.83. The molecule has 1 aliphatic heterocycles. The summed E-state index contributed by atoms with van der Waals surface area (Å²) in [7, 11) is 0. The molecule has 0 spiro atoms. The van der Waals surface area contributed by atoms with E-state index >= 15 is 0 Å². The SMILES string of the molecule is CC(=O)c1cn(CC(=O)N2[C@H](C(=O)Nc3nc(C(F)(F)F)ccc3Cl)C[C@@]3(C)C[C@@H]23)c2c(C)nc(-c3cnc4cc(C)nn4c3)cc12. The number of hydrogen-bond donors (Lipinski definition) is 1. The predicted molar refractivity (Wildman–Crippen MR) is 166 cm³/mol. The minimum absolute atomic E-state index is 0.160. The molecule has 0 unspecified atom stereocenters. The molecule has 5 aromatic rings. The van der Waals surface area contributed by atoms with E-state index in [2.05, 4.69) is 20.4 Å². The van der Waals surface area contributed by atoms with Crippen LogP contribution in [0, 0.1) is 19.3 Å². The van der Waals surface area contributed by atoms with Crippen LogP contribution in [0.2, 0.25) is 5.02 Å². The van der Waals surface area contributed by atoms with Gasteiger partial charge in [-0.05, 0) is 57.2 Å². The number of pyridine rings is 2. The normalized spacial score (nSPS) is 20.6. The molecule has 1 saturated heterocycles. The van der Waals surface area contributed by atoms with Gasteiger partial charge in [0.15, 0.2) is 17.2 Å². The monoisotopic (exact) mass is 664 g/mol. The van der Waals surface area contributed by atoms with Crippen LogP contribution in [0.3, 0.4) is 0 Å². The summed E-state index contributed by atoms with van der Waals surface area (Å²) in [6, 6.07) is 4.21. The van der Waals surface area contributed by atoms with Crippen LogP contribution >= 0.6 is 11.6 Å². The quantitative estimate of drug-likeness (QED) is 0.232. The number of amides is 2. The first kappa shape index (κ1) is 30.8. The third kappa shape index (κ3) is 5.29. The molecule has 5 aromatic heterocycles. The number of likely N-dealkylation sites (tertiary alicyclic amines) is 1. The first-order valence-corrected chi connectivity index (χ1v) is 15.2. The van der Waals surface area contributed by atoms with Gasteiger partial charge >= 0.3 is 6.18 Å². The van der Waals surface area contributed by atoms with Crippen LogP contribution in [0.25, 0.3) is 27.8 Å². The second kappa shape index (κ2) is 10.6. The van der Waals surface area contributed by atoms with E-state index in [0.29, 0.717) is 51.9 Å². The van der Waals surface area contributed by atoms with Crippen molar-refractivity contribution in [1.29, 1.82) is 0 Å². The van der Waals surface area contributed by atoms with Crippen LogP contribution < -0.4 is 5.32 Å². The number of carbonyl (C=O) groups is 3. The van der Waals surface area contributed by atoms with Gasteiger partial charge in [-0.25, -0.2) is 14.5 Å². The summed E-state index contributed by atoms with van der Waals surface area (Å²) in [5.74, 6) is -1.68. The van der Waals surface area contributed by atoms with Gasteiger partial charge in [0.25, 0.3) is 0 Å². The molecule has 3 atom stereocenters. The Labute approximate surface area is 270 Å². The number of rotatable bonds is 6. The number of ketones is 1. The smallest absolute Gasteiger partial charge is 0.336 e. The van der Waals surface area contributed by atoms with Crippen molar-refractivity contribution in [3.05, 3.63) is 70.5 Å². The van der Waals surface area contributed by atoms with Crippen LogP contribution in [0.15, 0.2) is 42.9 Å². The molecule has 0 aromatic carbocycles. The third-order valence-electron chi connectivity index (χ3n) is 9.05. The number of fused-ring (bicyclic) bond motifs is 3. The molecule has 47 heavy (non-hydrogen) atoms. The highest BCUT2D eigenvalue weighted by Gasteiger charge is 2.64. The van der Waals surface area contributed by atoms with E-state index in [9.17, 15) is 27.6 Å². The van der Waals surface area contributed by atoms with Gasteiger partial charge in [0.2, 0.25) is 11.8 Å². The molecular weight excluding hydrogens is 637 g/mol. The zero-order chi connectivity index (χ0) is 33.6. The largest absolute Gasteiger partial charge is 0.433 e. The van der Waals surface area contributed by atoms with Crippen molar-refractivity contribution in [2.45, 2.75) is 65.3 Å². The van der Waals surface area contributed by atoms with E-state index in [0.717, 1.165) is 17.8 Å². The molecule has 0 radical (unpaired) electrons. The van der Waals surface area contributed by atoms with Crippen molar-refractivity contribution in [3.8, 4) is 11.3 Å². The lowest BCUT2D eigenvalue weighted by molar-refractivity contribution is -0.141. The summed E-state index contributed by atoms with van der Waals surface area (Å²) >= 11 is 6.07. The van der Waals surface area contributed by atoms with E-state index < -0.39 is 29.6 Å². The first-order valence-electron chi connectivity index (χ1n) is 14.8. The van der Waals surface area contributed by atoms with E-state index in [4.69, 9.17) is 16.6 Å². The van der Waals surface area contributed by atoms with Crippen LogP contribution in [-0.2, 0) is 22.3 Å². The maximum absolute atomic E-state index is 14.0. The Morgan fingerprint density at radius 3 is 2.60 bits per heavy atom. The van der Waals surface area contributed by atoms with Gasteiger partial charge in [0, 0.05) is 47.2 Å². The van der Waals surface area contributed by atoms with Gasteiger partial charge in [-0.1, -0.05) is 18.5 Å². The number of nitrogens with one attached hydrogen (secondary N) is 1. The Kier molecular flexibility index (Phi) is 6.94. The molecule has 6 heterocycles. The van der Waals surface area contributed by atoms with E-state index in [1.807, 2.05) is 26.1 Å². The predicted octanol–water partition coefficient (Wildman–Crippen LogP) is 5.65. The summed E-state index contributed by atoms with van der Waals surface area (Å²) in [5.41, 5.74) is 2.84. The molecule has 7 rings (SSSR count). The van der Waals surface area contributed by atoms with Gasteiger partial charge in [0.05, 0.1) is 27.6 Å². The van der Waals surface area contributed by atoms with Crippen molar-refractivity contribution < 1.29 is 27.6 Å². The average molecular weight is 665 g/mol. The zero-order valence-electron chi connectivity index (χ0n) is 25.7. The number of aromatic nitrogens is 6. The van der Waals surface area contributed by atoms with Crippen LogP contribution in [0.1, 0.15) is 54.1 Å². The van der Waals surface area contributed by atoms with Gasteiger partial charge in [-0.15, -0.1) is 0 Å². The number of hydrogen-bond acceptors (Lipinski definition) is 7. The highest BCUT2D eigenvalue weighted by atomic mass is 35.5. The summed E-state index contributed by atoms with van der Waals surface area (Å²) in [5, 5.41) is 7.29. The molecule has 2 fully saturated rings. The van der Waals surface area contributed by atoms with Crippen molar-refractivity contribution in [2.75, 3.05) is 5.32 Å². The molecule has 242 valence electrons. The number of carbonyl (C=O) groups excluding carboxylic acids is 3. The summed E-state index contributed by atoms with van der Waals surface area (Å²) < 4.78 is 43.1. The second-order valence-corrected chi connectivity index (χ2v) is 13.0. The lowest BCUT2D eigenvalue weighted by Crippen LogP contribution is -2.46. The third-order valence-corrected chi connectivity index (χ3v) is 9.35. The van der Waals surface area contributed by atoms with Crippen LogP contribution in [-0.4, -0.2) is 63.7 Å². The molecule has 1 saturated carbocycles. The Balaban J connectivity index is 1.19. The molecular formula is C32H28ClF3N8O3. The number of aryl methyl sites for hydroxylation is 2. The molecule has 15 heteroatoms. The first-order chi connectivity index (χ1) is 22.1. The lowest BCUT2D eigenvalue weighted by atomic mass is 10.0. The summed E-state index contributed by atoms with van der Waals surface area (Å²) in [6.45, 7) is 6.88. The molecule has 11 nitrogen and oxygen atoms in total. The summed E-state index contributed by atoms with van der Waals surface area (Å²) in [4.78, 5) is 54.5. The van der Waals surface area contributed by atoms with Gasteiger partial charge < -0.3 is 14.8 Å². The molecule has 2 amide bonds. The molecule has 0 bridgehead atoms. The lowest BCUT2D eigenvalue weighted by Gasteiger charge is -2.27. The van der Waals surface area contributed by atoms with Gasteiger partial charge in [-0.3, -0.25) is 19.4 Å². The van der Waals surface area contributed by atoms with Gasteiger partial charge in [-0.2, -0.15) is 18.3 Å². The number of alkyl halides is 3. The maximum atomic E-state index is 14.0. The topological polar surface area (TPSA) is 127 Å². The number of Topliss-reactive ketones (excluding diaryl/α,β-unsaturated/α-hetero) is 1. The highest BCUT2D eigenvalue weighted by molar-refractivity contribution is 6.33. The van der Waals surface area contributed by atoms with Crippen molar-refractivity contribution in [2.24, 2.45) is 5.41 Å². The Morgan fingerprint density at radius 2 is 1.87 bits per heavy atom. The second-order valence-electron chi connectivity index (χ2n) is 12.6. The molecule has 1 N–H and O–H groups in total. The van der Waals surface area contributed by atoms with Crippen LogP contribution in [0.4, 0.5) is 19.0 Å². The number of piperidine rings is 1. The maximum Gasteiger partial charge on any atom is 0.433 e. The van der Waals surface area contributed by atoms with E-state index in [1.165, 1.54) is 11.8 Å². The summed E-state index contributed by atoms with van der Waals surface area (Å²) in [6.07, 6.45) is 1.40. The number of halogens is 4. The Morgan fingerprint density at radius 1 is 1.11 bits per heavy atom. The fourth-order valence-electron chi connectivity index (χ4n) is 6.68. The molecule has 1 aliphatic carbocycles. The highest BCUT2D eigenvalue weighted by Crippen LogP contribution is 2.59. The van der Waals surface area contributed by atoms with E-state index in [-0.39, 0.29) is 34.7 Å². The number of anilines is 1. The Bertz CT molecular complexity index is 2160. The van der Waals surface area contributed by atoms with Crippen molar-refractivity contribution in [3.63, 3.8) is 0 Å². The number of nitrogens with zero attached hydrogens (tertiary/aromatic N) is 7. The van der Waals surface area contributed by atoms with Crippen molar-refractivity contribution in [1.82, 2.24) is 34.0 Å². The van der Waals surface area contributed by atoms with E-state index in [1.54, 1.807) is 34.5 Å². The fraction of sp³-hybridized carbons (Fsp3) is 0.344. The Hall–Kier alpha value is -4.85. The minimum atomic E-state index is -4.73. The van der Waals surface area contributed by atoms with Crippen molar-refractivity contribution >= 4 is 51.6 Å². The zero-order valence-corrected chi connectivity index (χ0v) is 26.4. The molecule has 2 aliphatic rings.